The van der Waals surface area contributed by atoms with Gasteiger partial charge in [0.1, 0.15) is 5.75 Å². The minimum atomic E-state index is -0.147. The Labute approximate surface area is 152 Å². The largest absolute Gasteiger partial charge is 0.497 e. The summed E-state index contributed by atoms with van der Waals surface area (Å²) >= 11 is 5.04. The zero-order valence-corrected chi connectivity index (χ0v) is 15.4. The second-order valence-corrected chi connectivity index (χ2v) is 6.71. The third-order valence-electron chi connectivity index (χ3n) is 3.50. The first-order chi connectivity index (χ1) is 11.7. The van der Waals surface area contributed by atoms with Gasteiger partial charge in [-0.1, -0.05) is 0 Å². The van der Waals surface area contributed by atoms with E-state index in [9.17, 15) is 4.79 Å². The first-order valence-electron chi connectivity index (χ1n) is 7.35. The van der Waals surface area contributed by atoms with Crippen LogP contribution in [0.25, 0.3) is 11.3 Å². The van der Waals surface area contributed by atoms with E-state index in [2.05, 4.69) is 31.7 Å². The van der Waals surface area contributed by atoms with E-state index in [1.807, 2.05) is 28.4 Å². The summed E-state index contributed by atoms with van der Waals surface area (Å²) < 4.78 is 7.72. The lowest BCUT2D eigenvalue weighted by Crippen LogP contribution is -2.27. The van der Waals surface area contributed by atoms with Crippen molar-refractivity contribution in [1.29, 1.82) is 0 Å². The predicted molar refractivity (Wildman–Crippen MR) is 98.6 cm³/mol. The van der Waals surface area contributed by atoms with Crippen LogP contribution >= 0.6 is 27.3 Å². The molecule has 2 heterocycles. The number of carbonyl (C=O) groups is 1. The lowest BCUT2D eigenvalue weighted by atomic mass is 10.2. The summed E-state index contributed by atoms with van der Waals surface area (Å²) in [5.41, 5.74) is 2.61. The van der Waals surface area contributed by atoms with Crippen LogP contribution in [0, 0.1) is 0 Å². The van der Waals surface area contributed by atoms with Crippen LogP contribution in [-0.4, -0.2) is 29.3 Å². The van der Waals surface area contributed by atoms with E-state index in [-0.39, 0.29) is 5.91 Å². The number of nitrogens with one attached hydrogen (secondary N) is 1. The molecule has 0 aliphatic heterocycles. The van der Waals surface area contributed by atoms with E-state index in [1.165, 1.54) is 0 Å². The average Bonchev–Trinajstić information content (AvgIpc) is 3.26. The normalized spacial score (nSPS) is 10.6. The summed E-state index contributed by atoms with van der Waals surface area (Å²) in [7, 11) is 1.58. The number of hydrogen-bond acceptors (Lipinski definition) is 4. The van der Waals surface area contributed by atoms with Gasteiger partial charge in [-0.25, -0.2) is 0 Å². The summed E-state index contributed by atoms with van der Waals surface area (Å²) in [6, 6.07) is 9.33. The molecule has 0 fully saturated rings. The molecule has 0 radical (unpaired) electrons. The second-order valence-electron chi connectivity index (χ2n) is 5.08. The van der Waals surface area contributed by atoms with Crippen LogP contribution in [0.3, 0.4) is 0 Å². The Morgan fingerprint density at radius 2 is 2.25 bits per heavy atom. The second kappa shape index (κ2) is 7.63. The molecule has 0 saturated carbocycles. The fourth-order valence-electron chi connectivity index (χ4n) is 2.23. The topological polar surface area (TPSA) is 56.1 Å². The molecule has 7 heteroatoms. The molecule has 0 aliphatic carbocycles. The molecule has 5 nitrogen and oxygen atoms in total. The molecule has 0 aliphatic rings. The number of amides is 1. The maximum Gasteiger partial charge on any atom is 0.252 e. The average molecular weight is 406 g/mol. The van der Waals surface area contributed by atoms with E-state index in [4.69, 9.17) is 4.74 Å². The van der Waals surface area contributed by atoms with Gasteiger partial charge in [0.25, 0.3) is 5.91 Å². The van der Waals surface area contributed by atoms with Crippen LogP contribution in [0.2, 0.25) is 0 Å². The van der Waals surface area contributed by atoms with Crippen molar-refractivity contribution in [3.8, 4) is 17.0 Å². The fourth-order valence-corrected chi connectivity index (χ4v) is 3.31. The zero-order chi connectivity index (χ0) is 16.9. The van der Waals surface area contributed by atoms with Crippen LogP contribution in [-0.2, 0) is 6.54 Å². The van der Waals surface area contributed by atoms with Crippen LogP contribution in [0.15, 0.2) is 51.8 Å². The number of nitrogens with zero attached hydrogens (tertiary/aromatic N) is 2. The number of carbonyl (C=O) groups excluding carboxylic acids is 1. The summed E-state index contributed by atoms with van der Waals surface area (Å²) in [6.45, 7) is 1.10. The van der Waals surface area contributed by atoms with Gasteiger partial charge in [-0.15, -0.1) is 0 Å². The van der Waals surface area contributed by atoms with Crippen molar-refractivity contribution in [1.82, 2.24) is 15.1 Å². The van der Waals surface area contributed by atoms with Gasteiger partial charge in [-0.2, -0.15) is 16.4 Å². The lowest BCUT2D eigenvalue weighted by molar-refractivity contribution is 0.0951. The van der Waals surface area contributed by atoms with E-state index in [0.717, 1.165) is 15.7 Å². The summed E-state index contributed by atoms with van der Waals surface area (Å²) in [6.07, 6.45) is 1.92. The highest BCUT2D eigenvalue weighted by molar-refractivity contribution is 9.10. The number of rotatable bonds is 6. The SMILES string of the molecule is COc1ccc(Br)c(C(=O)NCCn2ccc(-c3ccsc3)n2)c1. The number of halogens is 1. The molecule has 1 N–H and O–H groups in total. The van der Waals surface area contributed by atoms with Gasteiger partial charge in [-0.05, 0) is 51.6 Å². The van der Waals surface area contributed by atoms with Gasteiger partial charge in [0.05, 0.1) is 24.9 Å². The number of ether oxygens (including phenoxy) is 1. The molecule has 0 bridgehead atoms. The quantitative estimate of drug-likeness (QED) is 0.677. The summed E-state index contributed by atoms with van der Waals surface area (Å²) in [5, 5.41) is 11.5. The molecule has 0 unspecified atom stereocenters. The van der Waals surface area contributed by atoms with Crippen molar-refractivity contribution in [2.24, 2.45) is 0 Å². The maximum atomic E-state index is 12.3. The standard InChI is InChI=1S/C17H16BrN3O2S/c1-23-13-2-3-15(18)14(10-13)17(22)19-6-8-21-7-4-16(20-21)12-5-9-24-11-12/h2-5,7,9-11H,6,8H2,1H3,(H,19,22). The molecular weight excluding hydrogens is 390 g/mol. The molecule has 0 saturated heterocycles. The van der Waals surface area contributed by atoms with Crippen LogP contribution in [0.5, 0.6) is 5.75 Å². The number of thiophene rings is 1. The van der Waals surface area contributed by atoms with E-state index >= 15 is 0 Å². The monoisotopic (exact) mass is 405 g/mol. The van der Waals surface area contributed by atoms with Gasteiger partial charge < -0.3 is 10.1 Å². The maximum absolute atomic E-state index is 12.3. The molecule has 24 heavy (non-hydrogen) atoms. The van der Waals surface area contributed by atoms with E-state index in [0.29, 0.717) is 24.4 Å². The number of methoxy groups -OCH3 is 1. The molecule has 0 spiro atoms. The molecule has 1 aromatic carbocycles. The third-order valence-corrected chi connectivity index (χ3v) is 4.88. The van der Waals surface area contributed by atoms with Crippen molar-refractivity contribution in [3.63, 3.8) is 0 Å². The Morgan fingerprint density at radius 3 is 3.00 bits per heavy atom. The van der Waals surface area contributed by atoms with Crippen LogP contribution < -0.4 is 10.1 Å². The third kappa shape index (κ3) is 3.85. The van der Waals surface area contributed by atoms with Crippen LogP contribution in [0.4, 0.5) is 0 Å². The van der Waals surface area contributed by atoms with Crippen molar-refractivity contribution in [2.45, 2.75) is 6.54 Å². The van der Waals surface area contributed by atoms with Crippen molar-refractivity contribution >= 4 is 33.2 Å². The smallest absolute Gasteiger partial charge is 0.252 e. The number of hydrogen-bond donors (Lipinski definition) is 1. The Morgan fingerprint density at radius 1 is 1.38 bits per heavy atom. The van der Waals surface area contributed by atoms with Gasteiger partial charge in [-0.3, -0.25) is 9.48 Å². The highest BCUT2D eigenvalue weighted by Gasteiger charge is 2.11. The Kier molecular flexibility index (Phi) is 5.32. The van der Waals surface area contributed by atoms with Gasteiger partial charge in [0.2, 0.25) is 0 Å². The van der Waals surface area contributed by atoms with Gasteiger partial charge in [0, 0.05) is 28.2 Å². The summed E-state index contributed by atoms with van der Waals surface area (Å²) in [4.78, 5) is 12.3. The molecule has 124 valence electrons. The molecule has 1 amide bonds. The van der Waals surface area contributed by atoms with Crippen LogP contribution in [0.1, 0.15) is 10.4 Å². The Balaban J connectivity index is 1.57. The van der Waals surface area contributed by atoms with E-state index < -0.39 is 0 Å². The minimum absolute atomic E-state index is 0.147. The zero-order valence-electron chi connectivity index (χ0n) is 13.0. The molecular formula is C17H16BrN3O2S. The van der Waals surface area contributed by atoms with Crippen molar-refractivity contribution < 1.29 is 9.53 Å². The van der Waals surface area contributed by atoms with Gasteiger partial charge in [0.15, 0.2) is 0 Å². The molecule has 3 rings (SSSR count). The Hall–Kier alpha value is -2.12. The molecule has 0 atom stereocenters. The first kappa shape index (κ1) is 16.7. The highest BCUT2D eigenvalue weighted by atomic mass is 79.9. The number of aromatic nitrogens is 2. The lowest BCUT2D eigenvalue weighted by Gasteiger charge is -2.08. The minimum Gasteiger partial charge on any atom is -0.497 e. The molecule has 2 aromatic heterocycles. The first-order valence-corrected chi connectivity index (χ1v) is 9.09. The summed E-state index contributed by atoms with van der Waals surface area (Å²) in [5.74, 6) is 0.502. The van der Waals surface area contributed by atoms with Crippen molar-refractivity contribution in [3.05, 3.63) is 57.3 Å². The predicted octanol–water partition coefficient (Wildman–Crippen LogP) is 3.81. The number of benzene rings is 1. The van der Waals surface area contributed by atoms with Crippen molar-refractivity contribution in [2.75, 3.05) is 13.7 Å². The highest BCUT2D eigenvalue weighted by Crippen LogP contribution is 2.22. The van der Waals surface area contributed by atoms with E-state index in [1.54, 1.807) is 36.6 Å². The molecule has 3 aromatic rings. The van der Waals surface area contributed by atoms with Gasteiger partial charge >= 0.3 is 0 Å². The fraction of sp³-hybridized carbons (Fsp3) is 0.176. The Bertz CT molecular complexity index is 830.